The summed E-state index contributed by atoms with van der Waals surface area (Å²) in [5.74, 6) is 1.22. The number of benzene rings is 1. The molecule has 1 aromatic carbocycles. The van der Waals surface area contributed by atoms with E-state index in [-0.39, 0.29) is 0 Å². The Hall–Kier alpha value is -0.970. The third-order valence-electron chi connectivity index (χ3n) is 2.82. The molecule has 0 saturated carbocycles. The minimum atomic E-state index is -0.753. The molecule has 0 heterocycles. The fraction of sp³-hybridized carbons (Fsp3) is 0.538. The van der Waals surface area contributed by atoms with Gasteiger partial charge in [-0.1, -0.05) is 11.6 Å². The highest BCUT2D eigenvalue weighted by atomic mass is 35.5. The molecule has 0 aromatic heterocycles. The Kier molecular flexibility index (Phi) is 5.72. The summed E-state index contributed by atoms with van der Waals surface area (Å²) in [6, 6.07) is 3.47. The third-order valence-corrected chi connectivity index (χ3v) is 3.12. The Morgan fingerprint density at radius 2 is 1.78 bits per heavy atom. The van der Waals surface area contributed by atoms with Gasteiger partial charge in [0.1, 0.15) is 11.5 Å². The summed E-state index contributed by atoms with van der Waals surface area (Å²) in [5.41, 5.74) is 0.887. The van der Waals surface area contributed by atoms with Crippen molar-refractivity contribution in [2.75, 3.05) is 14.2 Å². The van der Waals surface area contributed by atoms with Crippen LogP contribution in [0.3, 0.4) is 0 Å². The summed E-state index contributed by atoms with van der Waals surface area (Å²) < 4.78 is 10.4. The molecule has 0 aliphatic rings. The molecule has 2 N–H and O–H groups in total. The van der Waals surface area contributed by atoms with E-state index < -0.39 is 12.2 Å². The highest BCUT2D eigenvalue weighted by Crippen LogP contribution is 2.33. The third kappa shape index (κ3) is 3.77. The number of hydrogen-bond donors (Lipinski definition) is 2. The van der Waals surface area contributed by atoms with Crippen molar-refractivity contribution in [3.8, 4) is 11.5 Å². The zero-order valence-electron chi connectivity index (χ0n) is 10.8. The second kappa shape index (κ2) is 6.83. The fourth-order valence-electron chi connectivity index (χ4n) is 1.66. The van der Waals surface area contributed by atoms with E-state index in [9.17, 15) is 10.2 Å². The number of halogens is 1. The van der Waals surface area contributed by atoms with E-state index in [0.717, 1.165) is 5.56 Å². The average Bonchev–Trinajstić information content (AvgIpc) is 2.36. The number of hydrogen-bond acceptors (Lipinski definition) is 4. The van der Waals surface area contributed by atoms with Crippen molar-refractivity contribution in [2.45, 2.75) is 32.0 Å². The lowest BCUT2D eigenvalue weighted by atomic mass is 10.0. The van der Waals surface area contributed by atoms with Gasteiger partial charge >= 0.3 is 0 Å². The van der Waals surface area contributed by atoms with Crippen LogP contribution in [0, 0.1) is 0 Å². The molecule has 0 aliphatic heterocycles. The van der Waals surface area contributed by atoms with Crippen molar-refractivity contribution in [3.05, 3.63) is 22.7 Å². The normalized spacial score (nSPS) is 14.1. The smallest absolute Gasteiger partial charge is 0.137 e. The van der Waals surface area contributed by atoms with Crippen LogP contribution in [-0.2, 0) is 6.42 Å². The molecule has 0 amide bonds. The number of aliphatic hydroxyl groups is 2. The number of rotatable bonds is 6. The molecule has 2 atom stereocenters. The molecule has 0 saturated heterocycles. The molecule has 5 heteroatoms. The molecule has 0 fully saturated rings. The molecule has 1 rings (SSSR count). The Labute approximate surface area is 112 Å². The maximum absolute atomic E-state index is 9.58. The van der Waals surface area contributed by atoms with Crippen LogP contribution in [0.2, 0.25) is 5.02 Å². The fourth-order valence-corrected chi connectivity index (χ4v) is 1.89. The van der Waals surface area contributed by atoms with E-state index in [1.54, 1.807) is 33.3 Å². The van der Waals surface area contributed by atoms with Gasteiger partial charge in [-0.3, -0.25) is 0 Å². The van der Waals surface area contributed by atoms with Gasteiger partial charge in [-0.2, -0.15) is 0 Å². The quantitative estimate of drug-likeness (QED) is 0.833. The number of aliphatic hydroxyl groups excluding tert-OH is 2. The predicted molar refractivity (Wildman–Crippen MR) is 70.6 cm³/mol. The molecule has 0 aliphatic carbocycles. The number of ether oxygens (including phenoxy) is 2. The summed E-state index contributed by atoms with van der Waals surface area (Å²) in [6.07, 6.45) is -0.483. The first-order chi connectivity index (χ1) is 8.49. The van der Waals surface area contributed by atoms with Crippen molar-refractivity contribution in [1.29, 1.82) is 0 Å². The average molecular weight is 275 g/mol. The topological polar surface area (TPSA) is 58.9 Å². The van der Waals surface area contributed by atoms with Gasteiger partial charge in [0.2, 0.25) is 0 Å². The van der Waals surface area contributed by atoms with Gasteiger partial charge in [0.25, 0.3) is 0 Å². The zero-order chi connectivity index (χ0) is 13.7. The summed E-state index contributed by atoms with van der Waals surface area (Å²) in [6.45, 7) is 1.56. The van der Waals surface area contributed by atoms with E-state index in [4.69, 9.17) is 21.1 Å². The standard InChI is InChI=1S/C13H19ClO4/c1-8(15)11(16)5-4-9-6-13(18-3)10(14)7-12(9)17-2/h6-8,11,15-16H,4-5H2,1-3H3. The minimum absolute atomic E-state index is 0.443. The molecular weight excluding hydrogens is 256 g/mol. The summed E-state index contributed by atoms with van der Waals surface area (Å²) >= 11 is 6.00. The molecule has 0 radical (unpaired) electrons. The second-order valence-electron chi connectivity index (χ2n) is 4.15. The van der Waals surface area contributed by atoms with Crippen molar-refractivity contribution in [3.63, 3.8) is 0 Å². The van der Waals surface area contributed by atoms with Crippen molar-refractivity contribution in [2.24, 2.45) is 0 Å². The number of aryl methyl sites for hydroxylation is 1. The zero-order valence-corrected chi connectivity index (χ0v) is 11.6. The SMILES string of the molecule is COc1cc(CCC(O)C(C)O)c(OC)cc1Cl. The van der Waals surface area contributed by atoms with Crippen LogP contribution < -0.4 is 9.47 Å². The first-order valence-corrected chi connectivity index (χ1v) is 6.14. The maximum atomic E-state index is 9.58. The van der Waals surface area contributed by atoms with Gasteiger partial charge < -0.3 is 19.7 Å². The molecule has 4 nitrogen and oxygen atoms in total. The number of methoxy groups -OCH3 is 2. The first kappa shape index (κ1) is 15.1. The monoisotopic (exact) mass is 274 g/mol. The summed E-state index contributed by atoms with van der Waals surface area (Å²) in [4.78, 5) is 0. The predicted octanol–water partition coefficient (Wildman–Crippen LogP) is 2.03. The van der Waals surface area contributed by atoms with Crippen molar-refractivity contribution in [1.82, 2.24) is 0 Å². The summed E-state index contributed by atoms with van der Waals surface area (Å²) in [7, 11) is 3.11. The lowest BCUT2D eigenvalue weighted by molar-refractivity contribution is 0.0264. The van der Waals surface area contributed by atoms with Gasteiger partial charge in [-0.05, 0) is 31.4 Å². The minimum Gasteiger partial charge on any atom is -0.496 e. The Morgan fingerprint density at radius 3 is 2.28 bits per heavy atom. The van der Waals surface area contributed by atoms with E-state index >= 15 is 0 Å². The molecule has 102 valence electrons. The largest absolute Gasteiger partial charge is 0.496 e. The lowest BCUT2D eigenvalue weighted by Crippen LogP contribution is -2.22. The maximum Gasteiger partial charge on any atom is 0.137 e. The van der Waals surface area contributed by atoms with Crippen molar-refractivity contribution < 1.29 is 19.7 Å². The van der Waals surface area contributed by atoms with Crippen LogP contribution in [0.15, 0.2) is 12.1 Å². The Bertz CT molecular complexity index is 393. The molecular formula is C13H19ClO4. The van der Waals surface area contributed by atoms with E-state index in [1.165, 1.54) is 0 Å². The highest BCUT2D eigenvalue weighted by molar-refractivity contribution is 6.32. The van der Waals surface area contributed by atoms with Gasteiger partial charge in [0.15, 0.2) is 0 Å². The highest BCUT2D eigenvalue weighted by Gasteiger charge is 2.14. The van der Waals surface area contributed by atoms with Crippen LogP contribution in [0.1, 0.15) is 18.9 Å². The van der Waals surface area contributed by atoms with Crippen LogP contribution >= 0.6 is 11.6 Å². The molecule has 0 bridgehead atoms. The molecule has 1 aromatic rings. The lowest BCUT2D eigenvalue weighted by Gasteiger charge is -2.16. The van der Waals surface area contributed by atoms with Gasteiger partial charge in [-0.15, -0.1) is 0 Å². The van der Waals surface area contributed by atoms with Crippen LogP contribution in [0.5, 0.6) is 11.5 Å². The van der Waals surface area contributed by atoms with Gasteiger partial charge in [0, 0.05) is 6.07 Å². The second-order valence-corrected chi connectivity index (χ2v) is 4.55. The molecule has 2 unspecified atom stereocenters. The Balaban J connectivity index is 2.86. The van der Waals surface area contributed by atoms with E-state index in [0.29, 0.717) is 29.4 Å². The van der Waals surface area contributed by atoms with E-state index in [1.807, 2.05) is 0 Å². The van der Waals surface area contributed by atoms with Gasteiger partial charge in [-0.25, -0.2) is 0 Å². The Morgan fingerprint density at radius 1 is 1.17 bits per heavy atom. The summed E-state index contributed by atoms with van der Waals surface area (Å²) in [5, 5.41) is 19.3. The van der Waals surface area contributed by atoms with E-state index in [2.05, 4.69) is 0 Å². The van der Waals surface area contributed by atoms with Gasteiger partial charge in [0.05, 0.1) is 31.5 Å². The molecule has 18 heavy (non-hydrogen) atoms. The molecule has 0 spiro atoms. The van der Waals surface area contributed by atoms with Crippen LogP contribution in [0.4, 0.5) is 0 Å². The van der Waals surface area contributed by atoms with Crippen LogP contribution in [-0.4, -0.2) is 36.6 Å². The van der Waals surface area contributed by atoms with Crippen LogP contribution in [0.25, 0.3) is 0 Å². The first-order valence-electron chi connectivity index (χ1n) is 5.76. The van der Waals surface area contributed by atoms with Crippen molar-refractivity contribution >= 4 is 11.6 Å².